The number of rotatable bonds is 0. The van der Waals surface area contributed by atoms with E-state index >= 15 is 0 Å². The summed E-state index contributed by atoms with van der Waals surface area (Å²) in [6.45, 7) is 2.53. The summed E-state index contributed by atoms with van der Waals surface area (Å²) < 4.78 is 9.65. The average molecular weight is 202 g/mol. The van der Waals surface area contributed by atoms with Crippen LogP contribution in [0.3, 0.4) is 0 Å². The van der Waals surface area contributed by atoms with Crippen molar-refractivity contribution >= 4 is 6.16 Å². The fourth-order valence-corrected chi connectivity index (χ4v) is 1.42. The highest BCUT2D eigenvalue weighted by atomic mass is 16.7. The normalized spacial score (nSPS) is 31.1. The van der Waals surface area contributed by atoms with Crippen LogP contribution in [0.1, 0.15) is 32.6 Å². The molecule has 1 N–H and O–H groups in total. The Kier molecular flexibility index (Phi) is 4.73. The van der Waals surface area contributed by atoms with Gasteiger partial charge in [0.25, 0.3) is 0 Å². The molecule has 0 aromatic carbocycles. The second-order valence-corrected chi connectivity index (χ2v) is 3.80. The zero-order valence-corrected chi connectivity index (χ0v) is 8.57. The van der Waals surface area contributed by atoms with Gasteiger partial charge in [-0.25, -0.2) is 4.79 Å². The summed E-state index contributed by atoms with van der Waals surface area (Å²) in [7, 11) is 0. The molecule has 2 unspecified atom stereocenters. The van der Waals surface area contributed by atoms with Gasteiger partial charge in [-0.2, -0.15) is 0 Å². The van der Waals surface area contributed by atoms with E-state index in [0.29, 0.717) is 6.61 Å². The molecule has 1 rings (SSSR count). The molecule has 0 aliphatic carbocycles. The van der Waals surface area contributed by atoms with Gasteiger partial charge in [0.05, 0.1) is 19.3 Å². The molecule has 0 saturated carbocycles. The van der Waals surface area contributed by atoms with Crippen LogP contribution in [0.5, 0.6) is 0 Å². The third-order valence-corrected chi connectivity index (χ3v) is 2.49. The first-order valence-electron chi connectivity index (χ1n) is 5.18. The monoisotopic (exact) mass is 202 g/mol. The third kappa shape index (κ3) is 3.96. The summed E-state index contributed by atoms with van der Waals surface area (Å²) in [5.74, 6) is -0.0133. The van der Waals surface area contributed by atoms with Crippen molar-refractivity contribution in [3.05, 3.63) is 0 Å². The molecule has 1 aliphatic heterocycles. The predicted molar refractivity (Wildman–Crippen MR) is 50.9 cm³/mol. The maximum absolute atomic E-state index is 10.9. The van der Waals surface area contributed by atoms with Gasteiger partial charge in [0.1, 0.15) is 0 Å². The van der Waals surface area contributed by atoms with Crippen LogP contribution in [0.4, 0.5) is 4.79 Å². The van der Waals surface area contributed by atoms with Gasteiger partial charge in [0, 0.05) is 5.92 Å². The number of cyclic esters (lactones) is 2. The second kappa shape index (κ2) is 5.86. The molecule has 1 heterocycles. The Morgan fingerprint density at radius 1 is 1.29 bits per heavy atom. The van der Waals surface area contributed by atoms with Gasteiger partial charge in [0.2, 0.25) is 0 Å². The highest BCUT2D eigenvalue weighted by Gasteiger charge is 2.17. The maximum atomic E-state index is 10.9. The minimum atomic E-state index is -0.619. The van der Waals surface area contributed by atoms with Crippen LogP contribution in [0, 0.1) is 5.92 Å². The molecule has 82 valence electrons. The van der Waals surface area contributed by atoms with E-state index in [4.69, 9.17) is 9.47 Å². The van der Waals surface area contributed by atoms with Crippen molar-refractivity contribution in [3.63, 3.8) is 0 Å². The lowest BCUT2D eigenvalue weighted by Crippen LogP contribution is -2.23. The Bertz CT molecular complexity index is 181. The maximum Gasteiger partial charge on any atom is 0.508 e. The Hall–Kier alpha value is -0.770. The Labute approximate surface area is 84.2 Å². The molecule has 2 atom stereocenters. The van der Waals surface area contributed by atoms with Crippen molar-refractivity contribution in [1.29, 1.82) is 0 Å². The highest BCUT2D eigenvalue weighted by molar-refractivity contribution is 5.59. The summed E-state index contributed by atoms with van der Waals surface area (Å²) in [5.41, 5.74) is 0. The molecule has 0 aromatic rings. The van der Waals surface area contributed by atoms with Gasteiger partial charge in [-0.3, -0.25) is 0 Å². The quantitative estimate of drug-likeness (QED) is 0.607. The number of carbonyl (C=O) groups is 1. The van der Waals surface area contributed by atoms with E-state index in [1.54, 1.807) is 0 Å². The molecular weight excluding hydrogens is 184 g/mol. The molecular formula is C10H18O4. The molecule has 0 spiro atoms. The van der Waals surface area contributed by atoms with Gasteiger partial charge >= 0.3 is 6.16 Å². The number of aliphatic hydroxyl groups excluding tert-OH is 1. The van der Waals surface area contributed by atoms with Crippen LogP contribution in [0.2, 0.25) is 0 Å². The number of hydrogen-bond donors (Lipinski definition) is 1. The van der Waals surface area contributed by atoms with Crippen LogP contribution < -0.4 is 0 Å². The lowest BCUT2D eigenvalue weighted by molar-refractivity contribution is 0.0218. The number of hydrogen-bond acceptors (Lipinski definition) is 4. The molecule has 14 heavy (non-hydrogen) atoms. The highest BCUT2D eigenvalue weighted by Crippen LogP contribution is 2.13. The molecule has 0 aromatic heterocycles. The molecule has 0 bridgehead atoms. The van der Waals surface area contributed by atoms with E-state index in [1.807, 2.05) is 6.92 Å². The van der Waals surface area contributed by atoms with Gasteiger partial charge in [-0.05, 0) is 19.3 Å². The van der Waals surface area contributed by atoms with Gasteiger partial charge in [-0.15, -0.1) is 0 Å². The van der Waals surface area contributed by atoms with Crippen molar-refractivity contribution in [2.24, 2.45) is 5.92 Å². The minimum Gasteiger partial charge on any atom is -0.434 e. The number of aliphatic hydroxyl groups is 1. The molecule has 1 fully saturated rings. The molecule has 0 radical (unpaired) electrons. The van der Waals surface area contributed by atoms with E-state index in [9.17, 15) is 9.90 Å². The standard InChI is InChI=1S/C10H18O4/c1-8-7-14-10(12)13-6-4-2-3-5-9(8)11/h8-9,11H,2-7H2,1H3. The average Bonchev–Trinajstić information content (AvgIpc) is 2.20. The van der Waals surface area contributed by atoms with Crippen molar-refractivity contribution in [2.45, 2.75) is 38.7 Å². The first-order chi connectivity index (χ1) is 6.70. The van der Waals surface area contributed by atoms with E-state index in [-0.39, 0.29) is 18.6 Å². The van der Waals surface area contributed by atoms with Crippen LogP contribution >= 0.6 is 0 Å². The SMILES string of the molecule is CC1COC(=O)OCCCCCC1O. The first-order valence-corrected chi connectivity index (χ1v) is 5.18. The smallest absolute Gasteiger partial charge is 0.434 e. The van der Waals surface area contributed by atoms with Crippen molar-refractivity contribution in [3.8, 4) is 0 Å². The summed E-state index contributed by atoms with van der Waals surface area (Å²) >= 11 is 0. The summed E-state index contributed by atoms with van der Waals surface area (Å²) in [5, 5.41) is 9.65. The zero-order valence-electron chi connectivity index (χ0n) is 8.57. The fourth-order valence-electron chi connectivity index (χ4n) is 1.42. The van der Waals surface area contributed by atoms with Crippen LogP contribution in [-0.4, -0.2) is 30.6 Å². The van der Waals surface area contributed by atoms with Crippen LogP contribution in [0.15, 0.2) is 0 Å². The zero-order chi connectivity index (χ0) is 10.4. The van der Waals surface area contributed by atoms with Gasteiger partial charge in [0.15, 0.2) is 0 Å². The molecule has 4 nitrogen and oxygen atoms in total. The Morgan fingerprint density at radius 3 is 2.86 bits per heavy atom. The molecule has 1 aliphatic rings. The summed E-state index contributed by atoms with van der Waals surface area (Å²) in [4.78, 5) is 10.9. The predicted octanol–water partition coefficient (Wildman–Crippen LogP) is 1.71. The Morgan fingerprint density at radius 2 is 2.07 bits per heavy atom. The second-order valence-electron chi connectivity index (χ2n) is 3.80. The fraction of sp³-hybridized carbons (Fsp3) is 0.900. The van der Waals surface area contributed by atoms with E-state index in [0.717, 1.165) is 25.7 Å². The molecule has 0 amide bonds. The summed E-state index contributed by atoms with van der Waals surface area (Å²) in [6.07, 6.45) is 2.58. The largest absolute Gasteiger partial charge is 0.508 e. The van der Waals surface area contributed by atoms with E-state index in [2.05, 4.69) is 0 Å². The third-order valence-electron chi connectivity index (χ3n) is 2.49. The van der Waals surface area contributed by atoms with E-state index < -0.39 is 6.16 Å². The van der Waals surface area contributed by atoms with Crippen LogP contribution in [-0.2, 0) is 9.47 Å². The number of ether oxygens (including phenoxy) is 2. The number of carbonyl (C=O) groups excluding carboxylic acids is 1. The topological polar surface area (TPSA) is 55.8 Å². The van der Waals surface area contributed by atoms with Gasteiger partial charge < -0.3 is 14.6 Å². The Balaban J connectivity index is 2.40. The molecule has 1 saturated heterocycles. The lowest BCUT2D eigenvalue weighted by atomic mass is 10.00. The lowest BCUT2D eigenvalue weighted by Gasteiger charge is -2.17. The molecule has 4 heteroatoms. The van der Waals surface area contributed by atoms with Crippen molar-refractivity contribution in [2.75, 3.05) is 13.2 Å². The summed E-state index contributed by atoms with van der Waals surface area (Å²) in [6, 6.07) is 0. The van der Waals surface area contributed by atoms with E-state index in [1.165, 1.54) is 0 Å². The van der Waals surface area contributed by atoms with Crippen molar-refractivity contribution in [1.82, 2.24) is 0 Å². The minimum absolute atomic E-state index is 0.0133. The van der Waals surface area contributed by atoms with Crippen LogP contribution in [0.25, 0.3) is 0 Å². The van der Waals surface area contributed by atoms with Gasteiger partial charge in [-0.1, -0.05) is 13.3 Å². The first kappa shape index (κ1) is 11.3. The van der Waals surface area contributed by atoms with Crippen molar-refractivity contribution < 1.29 is 19.4 Å².